The van der Waals surface area contributed by atoms with Crippen LogP contribution in [0.15, 0.2) is 15.9 Å². The van der Waals surface area contributed by atoms with Gasteiger partial charge in [-0.2, -0.15) is 0 Å². The monoisotopic (exact) mass is 263 g/mol. The van der Waals surface area contributed by atoms with E-state index in [1.807, 2.05) is 12.1 Å². The zero-order chi connectivity index (χ0) is 9.84. The van der Waals surface area contributed by atoms with Gasteiger partial charge in [0, 0.05) is 10.9 Å². The number of hydrogen-bond acceptors (Lipinski definition) is 4. The molecule has 0 unspecified atom stereocenters. The Balaban J connectivity index is 2.58. The van der Waals surface area contributed by atoms with Crippen molar-refractivity contribution < 1.29 is 9.53 Å². The standard InChI is InChI=1S/C8H10BrNO2S/c1-12-8(11)4-5(10)6-2-3-7(9)13-6/h2-3,5H,4,10H2,1H3/t5-/m1/s1. The molecule has 0 amide bonds. The van der Waals surface area contributed by atoms with Gasteiger partial charge in [-0.25, -0.2) is 0 Å². The van der Waals surface area contributed by atoms with Crippen LogP contribution in [0, 0.1) is 0 Å². The lowest BCUT2D eigenvalue weighted by Crippen LogP contribution is -2.14. The third kappa shape index (κ3) is 3.10. The SMILES string of the molecule is COC(=O)C[C@@H](N)c1ccc(Br)s1. The number of rotatable bonds is 3. The van der Waals surface area contributed by atoms with Gasteiger partial charge in [0.15, 0.2) is 0 Å². The molecule has 3 nitrogen and oxygen atoms in total. The van der Waals surface area contributed by atoms with E-state index in [-0.39, 0.29) is 18.4 Å². The molecular weight excluding hydrogens is 254 g/mol. The molecule has 72 valence electrons. The number of carbonyl (C=O) groups excluding carboxylic acids is 1. The van der Waals surface area contributed by atoms with Crippen molar-refractivity contribution in [2.45, 2.75) is 12.5 Å². The molecule has 0 radical (unpaired) electrons. The van der Waals surface area contributed by atoms with Crippen LogP contribution in [0.3, 0.4) is 0 Å². The Hall–Kier alpha value is -0.390. The first kappa shape index (κ1) is 10.7. The Bertz CT molecular complexity index is 300. The number of thiophene rings is 1. The molecule has 1 atom stereocenters. The van der Waals surface area contributed by atoms with Gasteiger partial charge in [-0.1, -0.05) is 0 Å². The summed E-state index contributed by atoms with van der Waals surface area (Å²) in [5, 5.41) is 0. The molecule has 0 bridgehead atoms. The van der Waals surface area contributed by atoms with Crippen molar-refractivity contribution in [3.05, 3.63) is 20.8 Å². The molecule has 1 aromatic heterocycles. The number of esters is 1. The van der Waals surface area contributed by atoms with Crippen LogP contribution in [0.2, 0.25) is 0 Å². The molecule has 13 heavy (non-hydrogen) atoms. The predicted octanol–water partition coefficient (Wildman–Crippen LogP) is 2.07. The molecule has 0 aliphatic carbocycles. The summed E-state index contributed by atoms with van der Waals surface area (Å²) in [6.45, 7) is 0. The molecule has 1 aromatic rings. The van der Waals surface area contributed by atoms with Gasteiger partial charge < -0.3 is 10.5 Å². The maximum atomic E-state index is 10.9. The average Bonchev–Trinajstić information content (AvgIpc) is 2.51. The minimum atomic E-state index is -0.281. The van der Waals surface area contributed by atoms with Gasteiger partial charge in [-0.3, -0.25) is 4.79 Å². The lowest BCUT2D eigenvalue weighted by atomic mass is 10.2. The highest BCUT2D eigenvalue weighted by Gasteiger charge is 2.13. The van der Waals surface area contributed by atoms with E-state index in [1.165, 1.54) is 18.4 Å². The summed E-state index contributed by atoms with van der Waals surface area (Å²) in [5.41, 5.74) is 5.77. The van der Waals surface area contributed by atoms with Gasteiger partial charge in [0.25, 0.3) is 0 Å². The van der Waals surface area contributed by atoms with Crippen molar-refractivity contribution in [1.82, 2.24) is 0 Å². The molecule has 1 rings (SSSR count). The summed E-state index contributed by atoms with van der Waals surface area (Å²) in [5.74, 6) is -0.281. The highest BCUT2D eigenvalue weighted by atomic mass is 79.9. The summed E-state index contributed by atoms with van der Waals surface area (Å²) in [6, 6.07) is 3.56. The molecule has 0 saturated heterocycles. The van der Waals surface area contributed by atoms with Crippen LogP contribution < -0.4 is 5.73 Å². The van der Waals surface area contributed by atoms with Crippen molar-refractivity contribution in [2.24, 2.45) is 5.73 Å². The van der Waals surface area contributed by atoms with E-state index in [0.29, 0.717) is 0 Å². The molecule has 0 aliphatic rings. The maximum Gasteiger partial charge on any atom is 0.307 e. The van der Waals surface area contributed by atoms with Crippen LogP contribution >= 0.6 is 27.3 Å². The molecule has 0 aromatic carbocycles. The lowest BCUT2D eigenvalue weighted by molar-refractivity contribution is -0.141. The van der Waals surface area contributed by atoms with E-state index in [1.54, 1.807) is 0 Å². The van der Waals surface area contributed by atoms with Crippen molar-refractivity contribution in [3.63, 3.8) is 0 Å². The fourth-order valence-corrected chi connectivity index (χ4v) is 2.32. The van der Waals surface area contributed by atoms with Gasteiger partial charge in [-0.05, 0) is 28.1 Å². The largest absolute Gasteiger partial charge is 0.469 e. The van der Waals surface area contributed by atoms with E-state index >= 15 is 0 Å². The highest BCUT2D eigenvalue weighted by Crippen LogP contribution is 2.27. The van der Waals surface area contributed by atoms with Crippen molar-refractivity contribution in [1.29, 1.82) is 0 Å². The lowest BCUT2D eigenvalue weighted by Gasteiger charge is -2.06. The van der Waals surface area contributed by atoms with E-state index in [0.717, 1.165) is 8.66 Å². The zero-order valence-corrected chi connectivity index (χ0v) is 9.52. The minimum Gasteiger partial charge on any atom is -0.469 e. The number of ether oxygens (including phenoxy) is 1. The van der Waals surface area contributed by atoms with Gasteiger partial charge in [-0.15, -0.1) is 11.3 Å². The number of carbonyl (C=O) groups is 1. The van der Waals surface area contributed by atoms with Gasteiger partial charge in [0.2, 0.25) is 0 Å². The summed E-state index contributed by atoms with van der Waals surface area (Å²) in [4.78, 5) is 11.9. The second kappa shape index (κ2) is 4.74. The first-order valence-corrected chi connectivity index (χ1v) is 5.32. The topological polar surface area (TPSA) is 52.3 Å². The fraction of sp³-hybridized carbons (Fsp3) is 0.375. The molecule has 0 spiro atoms. The Morgan fingerprint density at radius 1 is 1.77 bits per heavy atom. The van der Waals surface area contributed by atoms with Crippen molar-refractivity contribution in [2.75, 3.05) is 7.11 Å². The third-order valence-corrected chi connectivity index (χ3v) is 3.33. The Morgan fingerprint density at radius 3 is 2.92 bits per heavy atom. The van der Waals surface area contributed by atoms with Crippen LogP contribution in [-0.2, 0) is 9.53 Å². The number of methoxy groups -OCH3 is 1. The molecular formula is C8H10BrNO2S. The normalized spacial score (nSPS) is 12.5. The van der Waals surface area contributed by atoms with E-state index < -0.39 is 0 Å². The number of hydrogen-bond donors (Lipinski definition) is 1. The zero-order valence-electron chi connectivity index (χ0n) is 7.12. The van der Waals surface area contributed by atoms with Crippen LogP contribution in [0.1, 0.15) is 17.3 Å². The van der Waals surface area contributed by atoms with Crippen LogP contribution in [0.4, 0.5) is 0 Å². The quantitative estimate of drug-likeness (QED) is 0.850. The first-order valence-electron chi connectivity index (χ1n) is 3.71. The number of nitrogens with two attached hydrogens (primary N) is 1. The van der Waals surface area contributed by atoms with Gasteiger partial charge in [0.1, 0.15) is 0 Å². The molecule has 0 saturated carbocycles. The maximum absolute atomic E-state index is 10.9. The molecule has 0 aliphatic heterocycles. The molecule has 2 N–H and O–H groups in total. The Morgan fingerprint density at radius 2 is 2.46 bits per heavy atom. The Labute approximate surface area is 89.0 Å². The molecule has 1 heterocycles. The van der Waals surface area contributed by atoms with Crippen molar-refractivity contribution in [3.8, 4) is 0 Å². The first-order chi connectivity index (χ1) is 6.13. The second-order valence-corrected chi connectivity index (χ2v) is 5.02. The summed E-state index contributed by atoms with van der Waals surface area (Å²) < 4.78 is 5.54. The van der Waals surface area contributed by atoms with Crippen LogP contribution in [0.5, 0.6) is 0 Å². The third-order valence-electron chi connectivity index (χ3n) is 1.57. The fourth-order valence-electron chi connectivity index (χ4n) is 0.891. The molecule has 5 heteroatoms. The smallest absolute Gasteiger partial charge is 0.307 e. The van der Waals surface area contributed by atoms with Gasteiger partial charge >= 0.3 is 5.97 Å². The van der Waals surface area contributed by atoms with E-state index in [2.05, 4.69) is 20.7 Å². The number of halogens is 1. The summed E-state index contributed by atoms with van der Waals surface area (Å²) >= 11 is 4.86. The average molecular weight is 264 g/mol. The van der Waals surface area contributed by atoms with Crippen LogP contribution in [0.25, 0.3) is 0 Å². The highest BCUT2D eigenvalue weighted by molar-refractivity contribution is 9.11. The van der Waals surface area contributed by atoms with Crippen LogP contribution in [-0.4, -0.2) is 13.1 Å². The van der Waals surface area contributed by atoms with E-state index in [9.17, 15) is 4.79 Å². The van der Waals surface area contributed by atoms with Gasteiger partial charge in [0.05, 0.1) is 17.3 Å². The predicted molar refractivity (Wildman–Crippen MR) is 55.6 cm³/mol. The summed E-state index contributed by atoms with van der Waals surface area (Å²) in [7, 11) is 1.36. The van der Waals surface area contributed by atoms with E-state index in [4.69, 9.17) is 5.73 Å². The summed E-state index contributed by atoms with van der Waals surface area (Å²) in [6.07, 6.45) is 0.226. The minimum absolute atomic E-state index is 0.226. The van der Waals surface area contributed by atoms with Crippen molar-refractivity contribution >= 4 is 33.2 Å². The molecule has 0 fully saturated rings. The second-order valence-electron chi connectivity index (χ2n) is 2.53. The Kier molecular flexibility index (Phi) is 3.90.